The molecule has 0 saturated carbocycles. The Morgan fingerprint density at radius 2 is 1.74 bits per heavy atom. The first-order valence-electron chi connectivity index (χ1n) is 12.9. The number of rotatable bonds is 10. The van der Waals surface area contributed by atoms with E-state index < -0.39 is 0 Å². The van der Waals surface area contributed by atoms with Gasteiger partial charge in [-0.25, -0.2) is 0 Å². The van der Waals surface area contributed by atoms with Crippen LogP contribution in [0.4, 0.5) is 0 Å². The van der Waals surface area contributed by atoms with Crippen molar-refractivity contribution < 1.29 is 23.5 Å². The molecule has 5 rings (SSSR count). The molecule has 0 aliphatic carbocycles. The predicted molar refractivity (Wildman–Crippen MR) is 134 cm³/mol. The Morgan fingerprint density at radius 3 is 2.53 bits per heavy atom. The molecule has 0 radical (unpaired) electrons. The molecule has 34 heavy (non-hydrogen) atoms. The smallest absolute Gasteiger partial charge is 0.231 e. The maximum atomic E-state index is 6.11. The summed E-state index contributed by atoms with van der Waals surface area (Å²) in [6, 6.07) is 8.63. The van der Waals surface area contributed by atoms with Crippen LogP contribution in [0.15, 0.2) is 30.5 Å². The minimum Gasteiger partial charge on any atom is -0.493 e. The van der Waals surface area contributed by atoms with Gasteiger partial charge >= 0.3 is 0 Å². The summed E-state index contributed by atoms with van der Waals surface area (Å²) in [7, 11) is 1.71. The summed E-state index contributed by atoms with van der Waals surface area (Å²) in [6.07, 6.45) is 12.0. The summed E-state index contributed by atoms with van der Waals surface area (Å²) in [6.45, 7) is 6.14. The summed E-state index contributed by atoms with van der Waals surface area (Å²) >= 11 is 0. The molecule has 0 saturated heterocycles. The maximum Gasteiger partial charge on any atom is 0.231 e. The fourth-order valence-electron chi connectivity index (χ4n) is 5.43. The van der Waals surface area contributed by atoms with Crippen LogP contribution in [0, 0.1) is 0 Å². The second kappa shape index (κ2) is 10.1. The Labute approximate surface area is 202 Å². The van der Waals surface area contributed by atoms with Crippen molar-refractivity contribution in [2.75, 3.05) is 20.5 Å². The molecule has 2 aliphatic heterocycles. The van der Waals surface area contributed by atoms with Crippen LogP contribution >= 0.6 is 0 Å². The Bertz CT molecular complexity index is 1190. The van der Waals surface area contributed by atoms with Gasteiger partial charge in [-0.2, -0.15) is 4.57 Å². The van der Waals surface area contributed by atoms with E-state index in [9.17, 15) is 0 Å². The van der Waals surface area contributed by atoms with Crippen molar-refractivity contribution in [2.45, 2.75) is 71.8 Å². The van der Waals surface area contributed by atoms with Crippen molar-refractivity contribution >= 4 is 10.8 Å². The highest BCUT2D eigenvalue weighted by Crippen LogP contribution is 2.44. The van der Waals surface area contributed by atoms with E-state index in [0.717, 1.165) is 47.8 Å². The number of benzene rings is 2. The second-order valence-electron chi connectivity index (χ2n) is 9.27. The van der Waals surface area contributed by atoms with Gasteiger partial charge < -0.3 is 18.9 Å². The third-order valence-electron chi connectivity index (χ3n) is 7.11. The number of aryl methyl sites for hydroxylation is 3. The van der Waals surface area contributed by atoms with E-state index in [2.05, 4.69) is 42.0 Å². The number of ether oxygens (including phenoxy) is 4. The lowest BCUT2D eigenvalue weighted by atomic mass is 9.89. The van der Waals surface area contributed by atoms with Crippen LogP contribution in [0.5, 0.6) is 23.0 Å². The normalized spacial score (nSPS) is 13.6. The summed E-state index contributed by atoms with van der Waals surface area (Å²) in [5.41, 5.74) is 5.32. The molecule has 5 heteroatoms. The molecule has 180 valence electrons. The van der Waals surface area contributed by atoms with E-state index in [1.165, 1.54) is 66.3 Å². The number of pyridine rings is 1. The lowest BCUT2D eigenvalue weighted by molar-refractivity contribution is -0.686. The minimum absolute atomic E-state index is 0.304. The Balaban J connectivity index is 1.63. The molecule has 2 aliphatic rings. The van der Waals surface area contributed by atoms with Gasteiger partial charge in [0, 0.05) is 17.4 Å². The van der Waals surface area contributed by atoms with Crippen molar-refractivity contribution in [2.24, 2.45) is 0 Å². The van der Waals surface area contributed by atoms with Crippen molar-refractivity contribution in [3.05, 3.63) is 41.6 Å². The first-order chi connectivity index (χ1) is 16.7. The van der Waals surface area contributed by atoms with Gasteiger partial charge in [-0.1, -0.05) is 39.0 Å². The molecule has 3 aromatic rings. The third-order valence-corrected chi connectivity index (χ3v) is 7.11. The van der Waals surface area contributed by atoms with Gasteiger partial charge in [0.15, 0.2) is 35.7 Å². The molecule has 3 heterocycles. The summed E-state index contributed by atoms with van der Waals surface area (Å²) in [4.78, 5) is 0. The Kier molecular flexibility index (Phi) is 6.80. The van der Waals surface area contributed by atoms with Crippen molar-refractivity contribution in [1.82, 2.24) is 0 Å². The first kappa shape index (κ1) is 22.8. The quantitative estimate of drug-likeness (QED) is 0.259. The summed E-state index contributed by atoms with van der Waals surface area (Å²) in [5, 5.41) is 2.39. The lowest BCUT2D eigenvalue weighted by Crippen LogP contribution is -2.41. The van der Waals surface area contributed by atoms with Gasteiger partial charge in [0.25, 0.3) is 0 Å². The number of hydrogen-bond acceptors (Lipinski definition) is 4. The molecule has 0 unspecified atom stereocenters. The molecule has 0 amide bonds. The summed E-state index contributed by atoms with van der Waals surface area (Å²) < 4.78 is 25.6. The van der Waals surface area contributed by atoms with Gasteiger partial charge in [0.05, 0.1) is 24.7 Å². The van der Waals surface area contributed by atoms with Crippen molar-refractivity contribution in [3.63, 3.8) is 0 Å². The molecule has 0 fully saturated rings. The number of hydrogen-bond donors (Lipinski definition) is 0. The van der Waals surface area contributed by atoms with Gasteiger partial charge in [-0.05, 0) is 49.6 Å². The van der Waals surface area contributed by atoms with E-state index in [4.69, 9.17) is 18.9 Å². The molecule has 5 nitrogen and oxygen atoms in total. The van der Waals surface area contributed by atoms with E-state index in [1.54, 1.807) is 7.11 Å². The van der Waals surface area contributed by atoms with E-state index >= 15 is 0 Å². The van der Waals surface area contributed by atoms with Crippen LogP contribution in [0.1, 0.15) is 63.5 Å². The zero-order valence-corrected chi connectivity index (χ0v) is 20.7. The Morgan fingerprint density at radius 1 is 0.941 bits per heavy atom. The predicted octanol–water partition coefficient (Wildman–Crippen LogP) is 6.39. The van der Waals surface area contributed by atoms with Crippen molar-refractivity contribution in [1.29, 1.82) is 0 Å². The topological polar surface area (TPSA) is 40.8 Å². The highest BCUT2D eigenvalue weighted by molar-refractivity contribution is 5.95. The number of methoxy groups -OCH3 is 1. The Hall–Kier alpha value is -2.95. The van der Waals surface area contributed by atoms with E-state index in [0.29, 0.717) is 13.4 Å². The molecular formula is C29H36NO4+. The number of aromatic nitrogens is 1. The van der Waals surface area contributed by atoms with Gasteiger partial charge in [0.2, 0.25) is 12.5 Å². The SMILES string of the molecule is CCCCCCCCc1c2[n+](cc3c(OCC)c(OC)ccc13)CCc1cc3c(cc1-2)OCO3. The molecule has 0 N–H and O–H groups in total. The molecule has 0 bridgehead atoms. The number of nitrogens with zero attached hydrogens (tertiary/aromatic N) is 1. The van der Waals surface area contributed by atoms with Crippen LogP contribution in [-0.2, 0) is 19.4 Å². The van der Waals surface area contributed by atoms with Crippen LogP contribution < -0.4 is 23.5 Å². The van der Waals surface area contributed by atoms with Crippen LogP contribution in [0.3, 0.4) is 0 Å². The molecular weight excluding hydrogens is 426 g/mol. The van der Waals surface area contributed by atoms with Crippen LogP contribution in [0.25, 0.3) is 22.0 Å². The fourth-order valence-corrected chi connectivity index (χ4v) is 5.43. The van der Waals surface area contributed by atoms with Gasteiger partial charge in [-0.3, -0.25) is 0 Å². The summed E-state index contributed by atoms with van der Waals surface area (Å²) in [5.74, 6) is 3.36. The largest absolute Gasteiger partial charge is 0.493 e. The monoisotopic (exact) mass is 462 g/mol. The van der Waals surface area contributed by atoms with E-state index in [-0.39, 0.29) is 0 Å². The third kappa shape index (κ3) is 4.17. The highest BCUT2D eigenvalue weighted by atomic mass is 16.7. The number of fused-ring (bicyclic) bond motifs is 5. The second-order valence-corrected chi connectivity index (χ2v) is 9.27. The average Bonchev–Trinajstić information content (AvgIpc) is 3.32. The first-order valence-corrected chi connectivity index (χ1v) is 12.9. The van der Waals surface area contributed by atoms with Gasteiger partial charge in [0.1, 0.15) is 0 Å². The van der Waals surface area contributed by atoms with Crippen molar-refractivity contribution in [3.8, 4) is 34.3 Å². The standard InChI is InChI=1S/C29H36NO4/c1-4-6-7-8-9-10-11-22-21-12-13-25(31-3)29(32-5-2)24(21)18-30-15-14-20-16-26-27(34-19-33-26)17-23(20)28(22)30/h12-13,16-18H,4-11,14-15,19H2,1-3H3/q+1. The zero-order valence-electron chi connectivity index (χ0n) is 20.7. The maximum absolute atomic E-state index is 6.11. The zero-order chi connectivity index (χ0) is 23.5. The van der Waals surface area contributed by atoms with E-state index in [1.807, 2.05) is 6.92 Å². The molecule has 2 aromatic carbocycles. The minimum atomic E-state index is 0.304. The fraction of sp³-hybridized carbons (Fsp3) is 0.483. The van der Waals surface area contributed by atoms with Gasteiger partial charge in [-0.15, -0.1) is 0 Å². The van der Waals surface area contributed by atoms with Crippen LogP contribution in [-0.4, -0.2) is 20.5 Å². The van der Waals surface area contributed by atoms with Crippen LogP contribution in [0.2, 0.25) is 0 Å². The molecule has 0 spiro atoms. The molecule has 0 atom stereocenters. The highest BCUT2D eigenvalue weighted by Gasteiger charge is 2.32. The average molecular weight is 463 g/mol. The molecule has 1 aromatic heterocycles. The number of unbranched alkanes of at least 4 members (excludes halogenated alkanes) is 5. The lowest BCUT2D eigenvalue weighted by Gasteiger charge is -2.21.